The number of rotatable bonds is 7. The summed E-state index contributed by atoms with van der Waals surface area (Å²) in [5, 5.41) is 0. The number of halogens is 2. The molecule has 3 nitrogen and oxygen atoms in total. The first-order chi connectivity index (χ1) is 8.44. The molecular formula is C12H17ClFNO2S. The van der Waals surface area contributed by atoms with Crippen molar-refractivity contribution in [3.63, 3.8) is 0 Å². The van der Waals surface area contributed by atoms with E-state index in [9.17, 15) is 12.8 Å². The summed E-state index contributed by atoms with van der Waals surface area (Å²) in [6, 6.07) is 5.46. The van der Waals surface area contributed by atoms with Crippen molar-refractivity contribution in [2.45, 2.75) is 25.8 Å². The molecule has 1 aromatic rings. The van der Waals surface area contributed by atoms with Crippen molar-refractivity contribution in [2.75, 3.05) is 11.6 Å². The van der Waals surface area contributed by atoms with E-state index in [2.05, 4.69) is 4.72 Å². The van der Waals surface area contributed by atoms with Crippen LogP contribution in [-0.2, 0) is 10.0 Å². The van der Waals surface area contributed by atoms with Gasteiger partial charge in [0.05, 0.1) is 5.75 Å². The molecule has 0 fully saturated rings. The summed E-state index contributed by atoms with van der Waals surface area (Å²) in [6.45, 7) is 1.69. The standard InChI is InChI=1S/C12H17ClFNO2S/c1-10(11-5-4-6-12(14)9-11)15-18(16,17)8-3-2-7-13/h4-6,9-10,15H,2-3,7-8H2,1H3. The lowest BCUT2D eigenvalue weighted by Gasteiger charge is -2.14. The third-order valence-corrected chi connectivity index (χ3v) is 4.31. The van der Waals surface area contributed by atoms with Crippen molar-refractivity contribution < 1.29 is 12.8 Å². The molecule has 1 rings (SSSR count). The van der Waals surface area contributed by atoms with Gasteiger partial charge in [0.2, 0.25) is 10.0 Å². The summed E-state index contributed by atoms with van der Waals surface area (Å²) in [4.78, 5) is 0. The van der Waals surface area contributed by atoms with Gasteiger partial charge < -0.3 is 0 Å². The Morgan fingerprint density at radius 1 is 1.39 bits per heavy atom. The van der Waals surface area contributed by atoms with Crippen molar-refractivity contribution in [1.29, 1.82) is 0 Å². The number of benzene rings is 1. The van der Waals surface area contributed by atoms with Gasteiger partial charge in [-0.2, -0.15) is 0 Å². The second kappa shape index (κ2) is 7.07. The largest absolute Gasteiger partial charge is 0.212 e. The van der Waals surface area contributed by atoms with Gasteiger partial charge >= 0.3 is 0 Å². The Hall–Kier alpha value is -0.650. The fourth-order valence-corrected chi connectivity index (χ4v) is 3.12. The lowest BCUT2D eigenvalue weighted by molar-refractivity contribution is 0.561. The highest BCUT2D eigenvalue weighted by atomic mass is 35.5. The molecule has 0 aliphatic rings. The first-order valence-corrected chi connectivity index (χ1v) is 7.95. The van der Waals surface area contributed by atoms with Crippen molar-refractivity contribution in [3.05, 3.63) is 35.6 Å². The van der Waals surface area contributed by atoms with E-state index in [0.29, 0.717) is 24.3 Å². The molecule has 0 heterocycles. The van der Waals surface area contributed by atoms with Crippen LogP contribution in [0.2, 0.25) is 0 Å². The molecule has 1 N–H and O–H groups in total. The topological polar surface area (TPSA) is 46.2 Å². The van der Waals surface area contributed by atoms with Crippen LogP contribution in [0.15, 0.2) is 24.3 Å². The number of hydrogen-bond donors (Lipinski definition) is 1. The molecule has 0 radical (unpaired) electrons. The van der Waals surface area contributed by atoms with Crippen LogP contribution in [0, 0.1) is 5.82 Å². The molecule has 18 heavy (non-hydrogen) atoms. The zero-order valence-corrected chi connectivity index (χ0v) is 11.8. The van der Waals surface area contributed by atoms with E-state index in [4.69, 9.17) is 11.6 Å². The minimum absolute atomic E-state index is 0.0410. The number of nitrogens with one attached hydrogen (secondary N) is 1. The summed E-state index contributed by atoms with van der Waals surface area (Å²) in [6.07, 6.45) is 1.19. The molecule has 6 heteroatoms. The number of hydrogen-bond acceptors (Lipinski definition) is 2. The van der Waals surface area contributed by atoms with Crippen LogP contribution in [0.5, 0.6) is 0 Å². The van der Waals surface area contributed by atoms with Crippen LogP contribution in [0.1, 0.15) is 31.4 Å². The lowest BCUT2D eigenvalue weighted by Crippen LogP contribution is -2.29. The molecular weight excluding hydrogens is 277 g/mol. The van der Waals surface area contributed by atoms with Gasteiger partial charge in [0.15, 0.2) is 0 Å². The highest BCUT2D eigenvalue weighted by Crippen LogP contribution is 2.14. The Morgan fingerprint density at radius 2 is 2.11 bits per heavy atom. The third kappa shape index (κ3) is 5.33. The summed E-state index contributed by atoms with van der Waals surface area (Å²) in [5.41, 5.74) is 0.607. The first-order valence-electron chi connectivity index (χ1n) is 5.76. The van der Waals surface area contributed by atoms with Gasteiger partial charge in [-0.25, -0.2) is 17.5 Å². The minimum atomic E-state index is -3.35. The first kappa shape index (κ1) is 15.4. The van der Waals surface area contributed by atoms with Crippen LogP contribution >= 0.6 is 11.6 Å². The Bertz CT molecular complexity index is 479. The van der Waals surface area contributed by atoms with E-state index in [0.717, 1.165) is 0 Å². The molecule has 0 aliphatic carbocycles. The fraction of sp³-hybridized carbons (Fsp3) is 0.500. The van der Waals surface area contributed by atoms with Crippen LogP contribution in [0.25, 0.3) is 0 Å². The van der Waals surface area contributed by atoms with Crippen molar-refractivity contribution >= 4 is 21.6 Å². The number of alkyl halides is 1. The lowest BCUT2D eigenvalue weighted by atomic mass is 10.1. The van der Waals surface area contributed by atoms with Crippen LogP contribution in [0.4, 0.5) is 4.39 Å². The van der Waals surface area contributed by atoms with Gasteiger partial charge in [-0.05, 0) is 37.5 Å². The van der Waals surface area contributed by atoms with E-state index >= 15 is 0 Å². The summed E-state index contributed by atoms with van der Waals surface area (Å²) in [7, 11) is -3.35. The molecule has 0 saturated carbocycles. The van der Waals surface area contributed by atoms with E-state index < -0.39 is 16.1 Å². The summed E-state index contributed by atoms with van der Waals surface area (Å²) >= 11 is 5.49. The van der Waals surface area contributed by atoms with Gasteiger partial charge in [0.1, 0.15) is 5.82 Å². The van der Waals surface area contributed by atoms with E-state index in [-0.39, 0.29) is 11.6 Å². The SMILES string of the molecule is CC(NS(=O)(=O)CCCCCl)c1cccc(F)c1. The molecule has 1 atom stereocenters. The predicted octanol–water partition coefficient (Wildman–Crippen LogP) is 2.83. The van der Waals surface area contributed by atoms with Gasteiger partial charge in [0, 0.05) is 11.9 Å². The van der Waals surface area contributed by atoms with Crippen molar-refractivity contribution in [3.8, 4) is 0 Å². The van der Waals surface area contributed by atoms with Gasteiger partial charge in [-0.15, -0.1) is 11.6 Å². The zero-order valence-electron chi connectivity index (χ0n) is 10.2. The third-order valence-electron chi connectivity index (χ3n) is 2.50. The van der Waals surface area contributed by atoms with E-state index in [1.165, 1.54) is 12.1 Å². The maximum Gasteiger partial charge on any atom is 0.212 e. The smallest absolute Gasteiger partial charge is 0.212 e. The van der Waals surface area contributed by atoms with Gasteiger partial charge in [-0.1, -0.05) is 12.1 Å². The highest BCUT2D eigenvalue weighted by Gasteiger charge is 2.15. The quantitative estimate of drug-likeness (QED) is 0.621. The molecule has 0 saturated heterocycles. The second-order valence-corrected chi connectivity index (χ2v) is 6.36. The molecule has 0 aromatic heterocycles. The monoisotopic (exact) mass is 293 g/mol. The number of unbranched alkanes of at least 4 members (excludes halogenated alkanes) is 1. The molecule has 0 aliphatic heterocycles. The van der Waals surface area contributed by atoms with Crippen molar-refractivity contribution in [2.24, 2.45) is 0 Å². The van der Waals surface area contributed by atoms with E-state index in [1.54, 1.807) is 19.1 Å². The fourth-order valence-electron chi connectivity index (χ4n) is 1.56. The average Bonchev–Trinajstić information content (AvgIpc) is 2.28. The average molecular weight is 294 g/mol. The van der Waals surface area contributed by atoms with Crippen molar-refractivity contribution in [1.82, 2.24) is 4.72 Å². The molecule has 0 bridgehead atoms. The predicted molar refractivity (Wildman–Crippen MR) is 71.7 cm³/mol. The Balaban J connectivity index is 2.61. The van der Waals surface area contributed by atoms with Gasteiger partial charge in [-0.3, -0.25) is 0 Å². The molecule has 1 unspecified atom stereocenters. The normalized spacial score (nSPS) is 13.5. The molecule has 0 amide bonds. The van der Waals surface area contributed by atoms with Crippen LogP contribution in [-0.4, -0.2) is 20.1 Å². The Kier molecular flexibility index (Phi) is 6.05. The molecule has 0 spiro atoms. The number of sulfonamides is 1. The molecule has 1 aromatic carbocycles. The van der Waals surface area contributed by atoms with E-state index in [1.807, 2.05) is 0 Å². The summed E-state index contributed by atoms with van der Waals surface area (Å²) in [5.74, 6) is 0.120. The Labute approximate surface area is 112 Å². The maximum atomic E-state index is 13.0. The highest BCUT2D eigenvalue weighted by molar-refractivity contribution is 7.89. The second-order valence-electron chi connectivity index (χ2n) is 4.11. The Morgan fingerprint density at radius 3 is 2.72 bits per heavy atom. The zero-order chi connectivity index (χ0) is 13.6. The van der Waals surface area contributed by atoms with Gasteiger partial charge in [0.25, 0.3) is 0 Å². The summed E-state index contributed by atoms with van der Waals surface area (Å²) < 4.78 is 39.0. The van der Waals surface area contributed by atoms with Crippen LogP contribution < -0.4 is 4.72 Å². The maximum absolute atomic E-state index is 13.0. The minimum Gasteiger partial charge on any atom is -0.212 e. The molecule has 102 valence electrons. The van der Waals surface area contributed by atoms with Crippen LogP contribution in [0.3, 0.4) is 0 Å².